The highest BCUT2D eigenvalue weighted by atomic mass is 15.3. The van der Waals surface area contributed by atoms with Gasteiger partial charge in [0.1, 0.15) is 6.07 Å². The van der Waals surface area contributed by atoms with Crippen molar-refractivity contribution in [2.45, 2.75) is 0 Å². The Balaban J connectivity index is 2.95. The summed E-state index contributed by atoms with van der Waals surface area (Å²) < 4.78 is 0. The molecule has 0 aliphatic rings. The molecule has 11 heavy (non-hydrogen) atoms. The minimum atomic E-state index is 0.641. The average molecular weight is 147 g/mol. The largest absolute Gasteiger partial charge is 0.320 e. The van der Waals surface area contributed by atoms with Gasteiger partial charge in [-0.15, -0.1) is 0 Å². The number of hydrogen-bond donors (Lipinski definition) is 2. The second-order valence-electron chi connectivity index (χ2n) is 2.03. The van der Waals surface area contributed by atoms with Gasteiger partial charge in [0.2, 0.25) is 0 Å². The third-order valence-corrected chi connectivity index (χ3v) is 1.31. The lowest BCUT2D eigenvalue weighted by atomic mass is 10.2. The Bertz CT molecular complexity index is 275. The molecule has 3 heteroatoms. The number of para-hydroxylation sites is 1. The van der Waals surface area contributed by atoms with Gasteiger partial charge in [-0.25, -0.2) is 5.43 Å². The van der Waals surface area contributed by atoms with E-state index in [0.29, 0.717) is 5.56 Å². The van der Waals surface area contributed by atoms with E-state index >= 15 is 0 Å². The Morgan fingerprint density at radius 1 is 1.36 bits per heavy atom. The molecule has 0 heterocycles. The van der Waals surface area contributed by atoms with Gasteiger partial charge in [-0.2, -0.15) is 5.26 Å². The predicted octanol–water partition coefficient (Wildman–Crippen LogP) is 1.10. The summed E-state index contributed by atoms with van der Waals surface area (Å²) in [6.45, 7) is 0. The standard InChI is InChI=1S/C8H9N3/c1-10-11-8-5-3-2-4-7(8)6-9/h2-5,10-11H,1H3. The number of benzene rings is 1. The van der Waals surface area contributed by atoms with Crippen LogP contribution in [0.2, 0.25) is 0 Å². The summed E-state index contributed by atoms with van der Waals surface area (Å²) in [7, 11) is 1.76. The zero-order valence-electron chi connectivity index (χ0n) is 6.26. The molecular formula is C8H9N3. The van der Waals surface area contributed by atoms with Crippen molar-refractivity contribution < 1.29 is 0 Å². The highest BCUT2D eigenvalue weighted by Gasteiger charge is 1.95. The molecular weight excluding hydrogens is 138 g/mol. The fraction of sp³-hybridized carbons (Fsp3) is 0.125. The van der Waals surface area contributed by atoms with Crippen molar-refractivity contribution in [1.29, 1.82) is 5.26 Å². The molecule has 3 nitrogen and oxygen atoms in total. The van der Waals surface area contributed by atoms with Crippen molar-refractivity contribution in [1.82, 2.24) is 5.43 Å². The lowest BCUT2D eigenvalue weighted by molar-refractivity contribution is 0.983. The molecule has 2 N–H and O–H groups in total. The van der Waals surface area contributed by atoms with E-state index in [2.05, 4.69) is 16.9 Å². The van der Waals surface area contributed by atoms with Crippen molar-refractivity contribution in [2.24, 2.45) is 0 Å². The van der Waals surface area contributed by atoms with E-state index in [0.717, 1.165) is 5.69 Å². The molecule has 56 valence electrons. The smallest absolute Gasteiger partial charge is 0.101 e. The van der Waals surface area contributed by atoms with Gasteiger partial charge in [0.15, 0.2) is 0 Å². The van der Waals surface area contributed by atoms with Gasteiger partial charge >= 0.3 is 0 Å². The van der Waals surface area contributed by atoms with E-state index in [-0.39, 0.29) is 0 Å². The molecule has 0 aliphatic heterocycles. The van der Waals surface area contributed by atoms with Crippen LogP contribution in [0.3, 0.4) is 0 Å². The number of anilines is 1. The van der Waals surface area contributed by atoms with E-state index in [4.69, 9.17) is 5.26 Å². The Morgan fingerprint density at radius 2 is 2.09 bits per heavy atom. The quantitative estimate of drug-likeness (QED) is 0.616. The Morgan fingerprint density at radius 3 is 2.73 bits per heavy atom. The Kier molecular flexibility index (Phi) is 2.47. The maximum absolute atomic E-state index is 8.63. The molecule has 1 aromatic rings. The second-order valence-corrected chi connectivity index (χ2v) is 2.03. The third kappa shape index (κ3) is 1.69. The molecule has 0 radical (unpaired) electrons. The first kappa shape index (κ1) is 7.58. The van der Waals surface area contributed by atoms with Crippen LogP contribution in [-0.4, -0.2) is 7.05 Å². The highest BCUT2D eigenvalue weighted by Crippen LogP contribution is 2.11. The van der Waals surface area contributed by atoms with Crippen LogP contribution in [0.25, 0.3) is 0 Å². The molecule has 1 rings (SSSR count). The maximum Gasteiger partial charge on any atom is 0.101 e. The second kappa shape index (κ2) is 3.59. The monoisotopic (exact) mass is 147 g/mol. The van der Waals surface area contributed by atoms with E-state index < -0.39 is 0 Å². The minimum Gasteiger partial charge on any atom is -0.320 e. The summed E-state index contributed by atoms with van der Waals surface area (Å²) in [5.74, 6) is 0. The molecule has 0 amide bonds. The van der Waals surface area contributed by atoms with Crippen LogP contribution in [0, 0.1) is 11.3 Å². The zero-order chi connectivity index (χ0) is 8.10. The molecule has 0 aromatic heterocycles. The molecule has 0 unspecified atom stereocenters. The topological polar surface area (TPSA) is 47.8 Å². The van der Waals surface area contributed by atoms with Gasteiger partial charge in [0.05, 0.1) is 11.3 Å². The van der Waals surface area contributed by atoms with Crippen LogP contribution in [0.5, 0.6) is 0 Å². The number of nitrogens with zero attached hydrogens (tertiary/aromatic N) is 1. The van der Waals surface area contributed by atoms with Crippen LogP contribution in [-0.2, 0) is 0 Å². The average Bonchev–Trinajstić information content (AvgIpc) is 2.06. The molecule has 0 atom stereocenters. The lowest BCUT2D eigenvalue weighted by Gasteiger charge is -2.04. The molecule has 1 aromatic carbocycles. The summed E-state index contributed by atoms with van der Waals surface area (Å²) in [6.07, 6.45) is 0. The number of hydrogen-bond acceptors (Lipinski definition) is 3. The molecule has 0 fully saturated rings. The van der Waals surface area contributed by atoms with Gasteiger partial charge in [0, 0.05) is 7.05 Å². The third-order valence-electron chi connectivity index (χ3n) is 1.31. The summed E-state index contributed by atoms with van der Waals surface area (Å²) >= 11 is 0. The van der Waals surface area contributed by atoms with Gasteiger partial charge in [-0.3, -0.25) is 0 Å². The van der Waals surface area contributed by atoms with Gasteiger partial charge < -0.3 is 5.43 Å². The molecule has 0 saturated heterocycles. The fourth-order valence-corrected chi connectivity index (χ4v) is 0.824. The minimum absolute atomic E-state index is 0.641. The summed E-state index contributed by atoms with van der Waals surface area (Å²) in [5, 5.41) is 8.63. The first-order chi connectivity index (χ1) is 5.38. The normalized spacial score (nSPS) is 8.73. The molecule has 0 saturated carbocycles. The maximum atomic E-state index is 8.63. The Labute approximate surface area is 65.6 Å². The van der Waals surface area contributed by atoms with Crippen molar-refractivity contribution in [3.63, 3.8) is 0 Å². The van der Waals surface area contributed by atoms with Crippen molar-refractivity contribution in [2.75, 3.05) is 12.5 Å². The number of nitrogens with one attached hydrogen (secondary N) is 2. The lowest BCUT2D eigenvalue weighted by Crippen LogP contribution is -2.15. The van der Waals surface area contributed by atoms with Gasteiger partial charge in [0.25, 0.3) is 0 Å². The van der Waals surface area contributed by atoms with Crippen LogP contribution >= 0.6 is 0 Å². The van der Waals surface area contributed by atoms with Gasteiger partial charge in [-0.05, 0) is 12.1 Å². The molecule has 0 bridgehead atoms. The van der Waals surface area contributed by atoms with E-state index in [1.807, 2.05) is 18.2 Å². The van der Waals surface area contributed by atoms with Crippen LogP contribution in [0.4, 0.5) is 5.69 Å². The highest BCUT2D eigenvalue weighted by molar-refractivity contribution is 5.56. The molecule has 0 spiro atoms. The van der Waals surface area contributed by atoms with E-state index in [1.165, 1.54) is 0 Å². The summed E-state index contributed by atoms with van der Waals surface area (Å²) in [5.41, 5.74) is 7.06. The fourth-order valence-electron chi connectivity index (χ4n) is 0.824. The van der Waals surface area contributed by atoms with Crippen molar-refractivity contribution in [3.8, 4) is 6.07 Å². The van der Waals surface area contributed by atoms with E-state index in [1.54, 1.807) is 13.1 Å². The molecule has 0 aliphatic carbocycles. The summed E-state index contributed by atoms with van der Waals surface area (Å²) in [6, 6.07) is 9.39. The first-order valence-corrected chi connectivity index (χ1v) is 3.30. The van der Waals surface area contributed by atoms with Crippen molar-refractivity contribution in [3.05, 3.63) is 29.8 Å². The van der Waals surface area contributed by atoms with Gasteiger partial charge in [-0.1, -0.05) is 12.1 Å². The Hall–Kier alpha value is -1.53. The zero-order valence-corrected chi connectivity index (χ0v) is 6.26. The summed E-state index contributed by atoms with van der Waals surface area (Å²) in [4.78, 5) is 0. The predicted molar refractivity (Wildman–Crippen MR) is 43.8 cm³/mol. The van der Waals surface area contributed by atoms with E-state index in [9.17, 15) is 0 Å². The number of nitriles is 1. The van der Waals surface area contributed by atoms with Crippen LogP contribution in [0.1, 0.15) is 5.56 Å². The van der Waals surface area contributed by atoms with Crippen LogP contribution in [0.15, 0.2) is 24.3 Å². The number of hydrazine groups is 1. The SMILES string of the molecule is CNNc1ccccc1C#N. The van der Waals surface area contributed by atoms with Crippen LogP contribution < -0.4 is 10.9 Å². The van der Waals surface area contributed by atoms with Crippen molar-refractivity contribution >= 4 is 5.69 Å². The number of rotatable bonds is 2. The first-order valence-electron chi connectivity index (χ1n) is 3.30.